The molecule has 0 spiro atoms. The first-order valence-electron chi connectivity index (χ1n) is 8.26. The van der Waals surface area contributed by atoms with Crippen molar-refractivity contribution in [1.82, 2.24) is 9.29 Å². The molecule has 6 heteroatoms. The summed E-state index contributed by atoms with van der Waals surface area (Å²) in [4.78, 5) is 13.2. The van der Waals surface area contributed by atoms with E-state index in [4.69, 9.17) is 9.84 Å². The quantitative estimate of drug-likeness (QED) is 0.855. The predicted molar refractivity (Wildman–Crippen MR) is 97.0 cm³/mol. The Hall–Kier alpha value is -2.89. The summed E-state index contributed by atoms with van der Waals surface area (Å²) in [7, 11) is 3.70. The minimum absolute atomic E-state index is 0.0370. The second-order valence-corrected chi connectivity index (χ2v) is 6.20. The number of methoxy groups -OCH3 is 1. The molecule has 1 N–H and O–H groups in total. The van der Waals surface area contributed by atoms with Gasteiger partial charge in [-0.1, -0.05) is 18.2 Å². The van der Waals surface area contributed by atoms with Gasteiger partial charge in [0.1, 0.15) is 5.75 Å². The van der Waals surface area contributed by atoms with Crippen LogP contribution in [0.25, 0.3) is 11.6 Å². The first kappa shape index (κ1) is 15.6. The molecular weight excluding hydrogens is 315 g/mol. The van der Waals surface area contributed by atoms with Crippen molar-refractivity contribution in [2.24, 2.45) is 0 Å². The van der Waals surface area contributed by atoms with Crippen molar-refractivity contribution in [3.63, 3.8) is 0 Å². The van der Waals surface area contributed by atoms with E-state index in [9.17, 15) is 4.79 Å². The maximum Gasteiger partial charge on any atom is 0.396 e. The van der Waals surface area contributed by atoms with Gasteiger partial charge in [-0.25, -0.2) is 0 Å². The summed E-state index contributed by atoms with van der Waals surface area (Å²) in [5.41, 5.74) is 4.45. The summed E-state index contributed by atoms with van der Waals surface area (Å²) in [6, 6.07) is 12.1. The molecule has 1 unspecified atom stereocenters. The molecule has 0 saturated carbocycles. The zero-order valence-electron chi connectivity index (χ0n) is 13.9. The van der Waals surface area contributed by atoms with Crippen LogP contribution in [-0.2, 0) is 4.79 Å². The number of ether oxygens (including phenoxy) is 1. The Bertz CT molecular complexity index is 867. The number of benzene rings is 1. The molecule has 2 aromatic rings. The molecule has 1 aromatic heterocycles. The van der Waals surface area contributed by atoms with Crippen LogP contribution in [0.4, 0.5) is 0 Å². The average molecular weight is 333 g/mol. The summed E-state index contributed by atoms with van der Waals surface area (Å²) in [5, 5.41) is 9.05. The van der Waals surface area contributed by atoms with Crippen LogP contribution in [0.5, 0.6) is 5.75 Å². The maximum atomic E-state index is 11.0. The molecule has 125 valence electrons. The minimum Gasteiger partial charge on any atom is -0.497 e. The van der Waals surface area contributed by atoms with Gasteiger partial charge in [-0.15, -0.1) is 0 Å². The number of carbonyl (C=O) groups is 1. The van der Waals surface area contributed by atoms with Gasteiger partial charge in [0.15, 0.2) is 0 Å². The zero-order valence-corrected chi connectivity index (χ0v) is 13.9. The fourth-order valence-corrected chi connectivity index (χ4v) is 3.39. The molecule has 0 aliphatic carbocycles. The number of fused-ring (bicyclic) bond motifs is 2. The van der Waals surface area contributed by atoms with Crippen molar-refractivity contribution in [3.05, 3.63) is 65.6 Å². The molecule has 1 radical (unpaired) electrons. The fraction of sp³-hybridized carbons (Fsp3) is 0.211. The average Bonchev–Trinajstić information content (AvgIpc) is 3.22. The predicted octanol–water partition coefficient (Wildman–Crippen LogP) is 2.87. The highest BCUT2D eigenvalue weighted by atomic mass is 16.5. The third kappa shape index (κ3) is 2.84. The Balaban J connectivity index is 1.71. The second-order valence-electron chi connectivity index (χ2n) is 6.20. The van der Waals surface area contributed by atoms with E-state index in [-0.39, 0.29) is 12.5 Å². The second kappa shape index (κ2) is 6.20. The van der Waals surface area contributed by atoms with Crippen molar-refractivity contribution < 1.29 is 14.6 Å². The first-order chi connectivity index (χ1) is 12.2. The summed E-state index contributed by atoms with van der Waals surface area (Å²) in [5.74, 6) is 0.0511. The number of carboxylic acid groups (broad SMARTS) is 1. The van der Waals surface area contributed by atoms with Crippen molar-refractivity contribution in [1.29, 1.82) is 0 Å². The van der Waals surface area contributed by atoms with Gasteiger partial charge in [-0.05, 0) is 48.5 Å². The first-order valence-corrected chi connectivity index (χ1v) is 8.26. The van der Waals surface area contributed by atoms with E-state index in [1.165, 1.54) is 0 Å². The van der Waals surface area contributed by atoms with Crippen LogP contribution in [0.2, 0.25) is 0 Å². The molecule has 0 amide bonds. The molecule has 0 bridgehead atoms. The Kier molecular flexibility index (Phi) is 3.88. The van der Waals surface area contributed by atoms with Gasteiger partial charge < -0.3 is 19.1 Å². The number of aromatic nitrogens is 1. The molecule has 0 saturated heterocycles. The Labute approximate surface area is 147 Å². The summed E-state index contributed by atoms with van der Waals surface area (Å²) < 4.78 is 7.30. The number of allylic oxidation sites excluding steroid dienone is 1. The number of rotatable bonds is 5. The van der Waals surface area contributed by atoms with Crippen LogP contribution in [0.1, 0.15) is 24.1 Å². The van der Waals surface area contributed by atoms with Gasteiger partial charge in [0.25, 0.3) is 0 Å². The summed E-state index contributed by atoms with van der Waals surface area (Å²) in [6.07, 6.45) is 7.03. The van der Waals surface area contributed by atoms with Gasteiger partial charge in [0, 0.05) is 29.4 Å². The molecule has 1 aromatic carbocycles. The number of carboxylic acids is 1. The van der Waals surface area contributed by atoms with E-state index in [1.54, 1.807) is 7.11 Å². The van der Waals surface area contributed by atoms with Gasteiger partial charge in [-0.2, -0.15) is 0 Å². The molecular formula is C19H18BN2O3. The maximum absolute atomic E-state index is 11.0. The minimum atomic E-state index is -0.768. The molecule has 2 aliphatic heterocycles. The third-order valence-corrected chi connectivity index (χ3v) is 4.67. The summed E-state index contributed by atoms with van der Waals surface area (Å²) in [6.45, 7) is 0. The van der Waals surface area contributed by atoms with Gasteiger partial charge in [0.2, 0.25) is 0 Å². The summed E-state index contributed by atoms with van der Waals surface area (Å²) >= 11 is 0. The molecule has 25 heavy (non-hydrogen) atoms. The van der Waals surface area contributed by atoms with Crippen molar-refractivity contribution in [2.75, 3.05) is 7.11 Å². The normalized spacial score (nSPS) is 18.0. The highest BCUT2D eigenvalue weighted by Crippen LogP contribution is 2.39. The van der Waals surface area contributed by atoms with Crippen LogP contribution in [-0.4, -0.2) is 41.1 Å². The van der Waals surface area contributed by atoms with Gasteiger partial charge in [-0.3, -0.25) is 4.79 Å². The van der Waals surface area contributed by atoms with Crippen molar-refractivity contribution in [3.8, 4) is 5.75 Å². The lowest BCUT2D eigenvalue weighted by atomic mass is 9.96. The Morgan fingerprint density at radius 1 is 1.28 bits per heavy atom. The largest absolute Gasteiger partial charge is 0.497 e. The van der Waals surface area contributed by atoms with E-state index < -0.39 is 5.97 Å². The van der Waals surface area contributed by atoms with Crippen LogP contribution < -0.4 is 4.74 Å². The van der Waals surface area contributed by atoms with Crippen LogP contribution in [0.15, 0.2) is 54.4 Å². The van der Waals surface area contributed by atoms with E-state index in [2.05, 4.69) is 27.5 Å². The Morgan fingerprint density at radius 3 is 2.80 bits per heavy atom. The molecule has 0 fully saturated rings. The highest BCUT2D eigenvalue weighted by Gasteiger charge is 2.33. The molecule has 4 rings (SSSR count). The molecule has 3 heterocycles. The third-order valence-electron chi connectivity index (χ3n) is 4.67. The topological polar surface area (TPSA) is 54.7 Å². The molecule has 1 atom stereocenters. The van der Waals surface area contributed by atoms with Crippen LogP contribution >= 0.6 is 0 Å². The van der Waals surface area contributed by atoms with Gasteiger partial charge in [0.05, 0.1) is 7.11 Å². The smallest absolute Gasteiger partial charge is 0.396 e. The number of hydrogen-bond donors (Lipinski definition) is 1. The fourth-order valence-electron chi connectivity index (χ4n) is 3.39. The highest BCUT2D eigenvalue weighted by molar-refractivity contribution is 6.34. The molecule has 2 aliphatic rings. The lowest BCUT2D eigenvalue weighted by molar-refractivity contribution is -0.137. The standard InChI is InChI=1S/C19H18BN2O3/c1-25-16-7-4-13(5-8-16)17-11-15(6-9-19(23)24)22-18(17)12-14-3-2-10-21(14)20-22/h2-5,7-8,10-12,15H,6,9H2,1H3,(H,23,24). The Morgan fingerprint density at radius 2 is 2.08 bits per heavy atom. The van der Waals surface area contributed by atoms with Crippen molar-refractivity contribution >= 4 is 25.2 Å². The van der Waals surface area contributed by atoms with E-state index >= 15 is 0 Å². The number of hydrogen-bond acceptors (Lipinski definition) is 3. The van der Waals surface area contributed by atoms with Crippen molar-refractivity contribution in [2.45, 2.75) is 18.9 Å². The SMILES string of the molecule is COc1ccc(C2=CC(CCC(=O)O)N3[B]n4cccc4C=C23)cc1. The van der Waals surface area contributed by atoms with E-state index in [0.717, 1.165) is 28.3 Å². The van der Waals surface area contributed by atoms with E-state index in [0.29, 0.717) is 6.42 Å². The van der Waals surface area contributed by atoms with Gasteiger partial charge >= 0.3 is 13.5 Å². The molecule has 5 nitrogen and oxygen atoms in total. The van der Waals surface area contributed by atoms with E-state index in [1.807, 2.05) is 44.1 Å². The lowest BCUT2D eigenvalue weighted by Gasteiger charge is -2.31. The van der Waals surface area contributed by atoms with Crippen LogP contribution in [0, 0.1) is 0 Å². The van der Waals surface area contributed by atoms with Crippen LogP contribution in [0.3, 0.4) is 0 Å². The zero-order chi connectivity index (χ0) is 17.4. The monoisotopic (exact) mass is 333 g/mol. The number of aliphatic carboxylic acids is 1. The lowest BCUT2D eigenvalue weighted by Crippen LogP contribution is -2.39. The number of nitrogens with zero attached hydrogens (tertiary/aromatic N) is 2.